The normalized spacial score (nSPS) is 14.7. The zero-order valence-corrected chi connectivity index (χ0v) is 16.6. The molecule has 3 aromatic rings. The van der Waals surface area contributed by atoms with Gasteiger partial charge >= 0.3 is 0 Å². The molecule has 1 aliphatic rings. The minimum absolute atomic E-state index is 0.0553. The van der Waals surface area contributed by atoms with Crippen molar-refractivity contribution in [1.82, 2.24) is 15.3 Å². The number of carbonyl (C=O) groups is 1. The van der Waals surface area contributed by atoms with Crippen molar-refractivity contribution in [3.8, 4) is 22.6 Å². The van der Waals surface area contributed by atoms with Gasteiger partial charge < -0.3 is 14.8 Å². The van der Waals surface area contributed by atoms with Crippen molar-refractivity contribution < 1.29 is 18.7 Å². The Morgan fingerprint density at radius 1 is 1.27 bits per heavy atom. The lowest BCUT2D eigenvalue weighted by atomic mass is 10.0. The number of nitrogens with one attached hydrogen (secondary N) is 1. The lowest BCUT2D eigenvalue weighted by molar-refractivity contribution is -0.121. The van der Waals surface area contributed by atoms with Crippen molar-refractivity contribution in [2.45, 2.75) is 25.4 Å². The Kier molecular flexibility index (Phi) is 5.88. The van der Waals surface area contributed by atoms with E-state index in [1.165, 1.54) is 18.5 Å². The standard InChI is InChI=1S/C23H22FN3O3/c1-29-19-4-2-3-15(7-19)5-6-22(28)27-13-20-9-16-8-18(24)10-21(23(16)30-20)17-11-25-14-26-12-17/h2-4,7-8,10-12,14,20H,5-6,9,13H2,1H3,(H,27,28)/t20-/m0/s1. The maximum atomic E-state index is 14.1. The summed E-state index contributed by atoms with van der Waals surface area (Å²) in [5.41, 5.74) is 3.14. The molecule has 1 aliphatic heterocycles. The summed E-state index contributed by atoms with van der Waals surface area (Å²) in [6, 6.07) is 10.6. The fourth-order valence-corrected chi connectivity index (χ4v) is 3.56. The number of fused-ring (bicyclic) bond motifs is 1. The Bertz CT molecular complexity index is 1040. The number of carbonyl (C=O) groups excluding carboxylic acids is 1. The second kappa shape index (κ2) is 8.90. The molecule has 0 aliphatic carbocycles. The molecule has 2 heterocycles. The summed E-state index contributed by atoms with van der Waals surface area (Å²) in [5, 5.41) is 2.92. The second-order valence-corrected chi connectivity index (χ2v) is 7.17. The van der Waals surface area contributed by atoms with Gasteiger partial charge in [-0.3, -0.25) is 4.79 Å². The number of methoxy groups -OCH3 is 1. The van der Waals surface area contributed by atoms with Crippen LogP contribution < -0.4 is 14.8 Å². The van der Waals surface area contributed by atoms with Crippen molar-refractivity contribution in [2.75, 3.05) is 13.7 Å². The molecule has 6 nitrogen and oxygen atoms in total. The van der Waals surface area contributed by atoms with Crippen LogP contribution in [0.5, 0.6) is 11.5 Å². The van der Waals surface area contributed by atoms with E-state index >= 15 is 0 Å². The second-order valence-electron chi connectivity index (χ2n) is 7.17. The predicted molar refractivity (Wildman–Crippen MR) is 110 cm³/mol. The predicted octanol–water partition coefficient (Wildman–Crippen LogP) is 3.34. The lowest BCUT2D eigenvalue weighted by Crippen LogP contribution is -2.34. The third kappa shape index (κ3) is 4.56. The molecule has 1 atom stereocenters. The van der Waals surface area contributed by atoms with Gasteiger partial charge in [-0.25, -0.2) is 14.4 Å². The minimum Gasteiger partial charge on any atom is -0.497 e. The van der Waals surface area contributed by atoms with Crippen LogP contribution in [0.4, 0.5) is 4.39 Å². The number of hydrogen-bond acceptors (Lipinski definition) is 5. The van der Waals surface area contributed by atoms with Crippen molar-refractivity contribution in [3.63, 3.8) is 0 Å². The molecule has 0 saturated carbocycles. The zero-order valence-electron chi connectivity index (χ0n) is 16.6. The van der Waals surface area contributed by atoms with Crippen LogP contribution >= 0.6 is 0 Å². The molecule has 7 heteroatoms. The minimum atomic E-state index is -0.334. The van der Waals surface area contributed by atoms with Gasteiger partial charge in [0, 0.05) is 41.9 Å². The molecule has 1 aromatic heterocycles. The van der Waals surface area contributed by atoms with E-state index in [9.17, 15) is 9.18 Å². The Balaban J connectivity index is 1.34. The smallest absolute Gasteiger partial charge is 0.220 e. The van der Waals surface area contributed by atoms with Crippen molar-refractivity contribution in [1.29, 1.82) is 0 Å². The number of hydrogen-bond donors (Lipinski definition) is 1. The van der Waals surface area contributed by atoms with Gasteiger partial charge in [0.1, 0.15) is 29.7 Å². The molecule has 0 unspecified atom stereocenters. The van der Waals surface area contributed by atoms with Crippen molar-refractivity contribution in [3.05, 3.63) is 72.1 Å². The van der Waals surface area contributed by atoms with E-state index in [4.69, 9.17) is 9.47 Å². The van der Waals surface area contributed by atoms with E-state index in [0.29, 0.717) is 42.7 Å². The maximum Gasteiger partial charge on any atom is 0.220 e. The highest BCUT2D eigenvalue weighted by atomic mass is 19.1. The zero-order chi connectivity index (χ0) is 20.9. The van der Waals surface area contributed by atoms with Crippen LogP contribution in [0.1, 0.15) is 17.5 Å². The van der Waals surface area contributed by atoms with Crippen LogP contribution in [0.2, 0.25) is 0 Å². The summed E-state index contributed by atoms with van der Waals surface area (Å²) in [7, 11) is 1.62. The fourth-order valence-electron chi connectivity index (χ4n) is 3.56. The molecule has 154 valence electrons. The summed E-state index contributed by atoms with van der Waals surface area (Å²) in [5.74, 6) is 1.01. The van der Waals surface area contributed by atoms with E-state index in [2.05, 4.69) is 15.3 Å². The van der Waals surface area contributed by atoms with Crippen LogP contribution in [-0.4, -0.2) is 35.6 Å². The molecular formula is C23H22FN3O3. The maximum absolute atomic E-state index is 14.1. The Morgan fingerprint density at radius 2 is 2.10 bits per heavy atom. The van der Waals surface area contributed by atoms with Gasteiger partial charge in [-0.15, -0.1) is 0 Å². The van der Waals surface area contributed by atoms with Gasteiger partial charge in [0.25, 0.3) is 0 Å². The first-order chi connectivity index (χ1) is 14.6. The fraction of sp³-hybridized carbons (Fsp3) is 0.261. The summed E-state index contributed by atoms with van der Waals surface area (Å²) in [4.78, 5) is 20.3. The van der Waals surface area contributed by atoms with Gasteiger partial charge in [0.2, 0.25) is 5.91 Å². The Morgan fingerprint density at radius 3 is 2.90 bits per heavy atom. The number of rotatable bonds is 7. The quantitative estimate of drug-likeness (QED) is 0.650. The summed E-state index contributed by atoms with van der Waals surface area (Å²) < 4.78 is 25.3. The van der Waals surface area contributed by atoms with Gasteiger partial charge in [0.15, 0.2) is 0 Å². The summed E-state index contributed by atoms with van der Waals surface area (Å²) in [6.07, 6.45) is 5.95. The molecule has 0 bridgehead atoms. The van der Waals surface area contributed by atoms with Gasteiger partial charge in [-0.1, -0.05) is 12.1 Å². The Labute approximate surface area is 174 Å². The average molecular weight is 407 g/mol. The average Bonchev–Trinajstić information content (AvgIpc) is 3.19. The van der Waals surface area contributed by atoms with Gasteiger partial charge in [-0.2, -0.15) is 0 Å². The van der Waals surface area contributed by atoms with Gasteiger partial charge in [0.05, 0.1) is 13.7 Å². The molecule has 30 heavy (non-hydrogen) atoms. The van der Waals surface area contributed by atoms with E-state index in [-0.39, 0.29) is 17.8 Å². The number of benzene rings is 2. The molecule has 0 saturated heterocycles. The number of ether oxygens (including phenoxy) is 2. The number of aromatic nitrogens is 2. The first-order valence-electron chi connectivity index (χ1n) is 9.76. The number of halogens is 1. The number of nitrogens with zero attached hydrogens (tertiary/aromatic N) is 2. The molecule has 2 aromatic carbocycles. The van der Waals surface area contributed by atoms with Crippen LogP contribution in [-0.2, 0) is 17.6 Å². The monoisotopic (exact) mass is 407 g/mol. The van der Waals surface area contributed by atoms with Crippen molar-refractivity contribution in [2.24, 2.45) is 0 Å². The first-order valence-corrected chi connectivity index (χ1v) is 9.76. The summed E-state index contributed by atoms with van der Waals surface area (Å²) in [6.45, 7) is 0.359. The molecule has 4 rings (SSSR count). The van der Waals surface area contributed by atoms with E-state index in [1.54, 1.807) is 19.5 Å². The molecular weight excluding hydrogens is 385 g/mol. The first kappa shape index (κ1) is 19.8. The summed E-state index contributed by atoms with van der Waals surface area (Å²) >= 11 is 0. The highest BCUT2D eigenvalue weighted by Crippen LogP contribution is 2.39. The molecule has 1 amide bonds. The highest BCUT2D eigenvalue weighted by Gasteiger charge is 2.27. The number of amides is 1. The van der Waals surface area contributed by atoms with Crippen molar-refractivity contribution >= 4 is 5.91 Å². The third-order valence-corrected chi connectivity index (χ3v) is 5.04. The Hall–Kier alpha value is -3.48. The van der Waals surface area contributed by atoms with Crippen LogP contribution in [0.3, 0.4) is 0 Å². The van der Waals surface area contributed by atoms with Gasteiger partial charge in [-0.05, 0) is 36.2 Å². The molecule has 1 N–H and O–H groups in total. The third-order valence-electron chi connectivity index (χ3n) is 5.04. The van der Waals surface area contributed by atoms with E-state index in [1.807, 2.05) is 24.3 Å². The lowest BCUT2D eigenvalue weighted by Gasteiger charge is -2.13. The molecule has 0 spiro atoms. The SMILES string of the molecule is COc1cccc(CCC(=O)NC[C@@H]2Cc3cc(F)cc(-c4cncnc4)c3O2)c1. The molecule has 0 fully saturated rings. The largest absolute Gasteiger partial charge is 0.497 e. The topological polar surface area (TPSA) is 73.3 Å². The highest BCUT2D eigenvalue weighted by molar-refractivity contribution is 5.76. The number of aryl methyl sites for hydroxylation is 1. The molecule has 0 radical (unpaired) electrons. The van der Waals surface area contributed by atoms with Crippen LogP contribution in [0, 0.1) is 5.82 Å². The van der Waals surface area contributed by atoms with E-state index in [0.717, 1.165) is 16.9 Å². The van der Waals surface area contributed by atoms with Crippen LogP contribution in [0.15, 0.2) is 55.1 Å². The van der Waals surface area contributed by atoms with E-state index < -0.39 is 0 Å². The van der Waals surface area contributed by atoms with Crippen LogP contribution in [0.25, 0.3) is 11.1 Å².